The van der Waals surface area contributed by atoms with Crippen LogP contribution in [0, 0.1) is 13.8 Å². The molecule has 17 heavy (non-hydrogen) atoms. The first-order valence-electron chi connectivity index (χ1n) is 6.69. The topological polar surface area (TPSA) is 21.3 Å². The molecule has 2 nitrogen and oxygen atoms in total. The molecule has 0 aliphatic carbocycles. The quantitative estimate of drug-likeness (QED) is 0.862. The van der Waals surface area contributed by atoms with Gasteiger partial charge in [-0.2, -0.15) is 0 Å². The molecule has 0 aromatic heterocycles. The summed E-state index contributed by atoms with van der Waals surface area (Å²) in [4.78, 5) is 0. The Morgan fingerprint density at radius 2 is 2.18 bits per heavy atom. The average Bonchev–Trinajstić information content (AvgIpc) is 2.35. The van der Waals surface area contributed by atoms with E-state index in [2.05, 4.69) is 37.4 Å². The number of rotatable bonds is 4. The van der Waals surface area contributed by atoms with E-state index in [1.807, 2.05) is 0 Å². The first-order valence-corrected chi connectivity index (χ1v) is 6.69. The molecular formula is C15H23NO. The molecule has 1 aromatic rings. The van der Waals surface area contributed by atoms with Crippen LogP contribution in [-0.4, -0.2) is 19.2 Å². The number of benzene rings is 1. The highest BCUT2D eigenvalue weighted by Crippen LogP contribution is 2.19. The van der Waals surface area contributed by atoms with Crippen molar-refractivity contribution in [2.45, 2.75) is 45.6 Å². The maximum Gasteiger partial charge on any atom is 0.122 e. The van der Waals surface area contributed by atoms with Crippen LogP contribution in [0.1, 0.15) is 36.8 Å². The smallest absolute Gasteiger partial charge is 0.122 e. The van der Waals surface area contributed by atoms with E-state index in [1.165, 1.54) is 36.9 Å². The minimum atomic E-state index is 0.661. The first-order chi connectivity index (χ1) is 8.25. The average molecular weight is 233 g/mol. The Hall–Kier alpha value is -1.02. The lowest BCUT2D eigenvalue weighted by Crippen LogP contribution is -2.35. The normalized spacial score (nSPS) is 20.2. The zero-order valence-electron chi connectivity index (χ0n) is 11.0. The molecule has 1 heterocycles. The van der Waals surface area contributed by atoms with E-state index in [4.69, 9.17) is 4.74 Å². The van der Waals surface area contributed by atoms with Gasteiger partial charge in [0.2, 0.25) is 0 Å². The lowest BCUT2D eigenvalue weighted by Gasteiger charge is -2.23. The molecule has 0 radical (unpaired) electrons. The SMILES string of the molecule is Cc1ccc(C)c(OCC[C@H]2CCCCN2)c1. The number of aryl methyl sites for hydroxylation is 2. The van der Waals surface area contributed by atoms with Crippen LogP contribution in [0.2, 0.25) is 0 Å². The molecule has 1 aliphatic rings. The molecule has 94 valence electrons. The molecule has 0 unspecified atom stereocenters. The van der Waals surface area contributed by atoms with Gasteiger partial charge in [0.1, 0.15) is 5.75 Å². The Morgan fingerprint density at radius 3 is 2.94 bits per heavy atom. The fourth-order valence-electron chi connectivity index (χ4n) is 2.34. The summed E-state index contributed by atoms with van der Waals surface area (Å²) in [5, 5.41) is 3.55. The molecule has 1 aromatic carbocycles. The Labute approximate surface area is 104 Å². The predicted octanol–water partition coefficient (Wildman–Crippen LogP) is 3.21. The van der Waals surface area contributed by atoms with Crippen LogP contribution in [0.15, 0.2) is 18.2 Å². The molecule has 1 saturated heterocycles. The van der Waals surface area contributed by atoms with Gasteiger partial charge in [0.05, 0.1) is 6.61 Å². The van der Waals surface area contributed by atoms with E-state index in [0.29, 0.717) is 6.04 Å². The Bertz CT molecular complexity index is 356. The molecule has 1 N–H and O–H groups in total. The van der Waals surface area contributed by atoms with Gasteiger partial charge >= 0.3 is 0 Å². The molecule has 0 spiro atoms. The first kappa shape index (κ1) is 12.4. The van der Waals surface area contributed by atoms with Crippen LogP contribution >= 0.6 is 0 Å². The summed E-state index contributed by atoms with van der Waals surface area (Å²) < 4.78 is 5.88. The van der Waals surface area contributed by atoms with Gasteiger partial charge in [0.25, 0.3) is 0 Å². The summed E-state index contributed by atoms with van der Waals surface area (Å²) in [6, 6.07) is 7.05. The second-order valence-corrected chi connectivity index (χ2v) is 5.05. The van der Waals surface area contributed by atoms with E-state index < -0.39 is 0 Å². The minimum absolute atomic E-state index is 0.661. The maximum absolute atomic E-state index is 5.88. The molecule has 2 rings (SSSR count). The fourth-order valence-corrected chi connectivity index (χ4v) is 2.34. The summed E-state index contributed by atoms with van der Waals surface area (Å²) in [5.74, 6) is 1.04. The Kier molecular flexibility index (Phi) is 4.43. The van der Waals surface area contributed by atoms with Crippen LogP contribution in [0.4, 0.5) is 0 Å². The monoisotopic (exact) mass is 233 g/mol. The highest BCUT2D eigenvalue weighted by molar-refractivity contribution is 5.35. The van der Waals surface area contributed by atoms with Gasteiger partial charge in [0, 0.05) is 6.04 Å². The summed E-state index contributed by atoms with van der Waals surface area (Å²) in [6.07, 6.45) is 5.11. The van der Waals surface area contributed by atoms with Gasteiger partial charge in [0.15, 0.2) is 0 Å². The summed E-state index contributed by atoms with van der Waals surface area (Å²) >= 11 is 0. The third-order valence-corrected chi connectivity index (χ3v) is 3.48. The number of piperidine rings is 1. The number of nitrogens with one attached hydrogen (secondary N) is 1. The third-order valence-electron chi connectivity index (χ3n) is 3.48. The molecule has 1 aliphatic heterocycles. The number of hydrogen-bond donors (Lipinski definition) is 1. The minimum Gasteiger partial charge on any atom is -0.493 e. The molecule has 2 heteroatoms. The Balaban J connectivity index is 1.79. The van der Waals surface area contributed by atoms with Crippen molar-refractivity contribution >= 4 is 0 Å². The summed E-state index contributed by atoms with van der Waals surface area (Å²) in [5.41, 5.74) is 2.49. The van der Waals surface area contributed by atoms with Crippen molar-refractivity contribution in [2.24, 2.45) is 0 Å². The van der Waals surface area contributed by atoms with Crippen molar-refractivity contribution in [1.29, 1.82) is 0 Å². The zero-order chi connectivity index (χ0) is 12.1. The lowest BCUT2D eigenvalue weighted by molar-refractivity contribution is 0.267. The largest absolute Gasteiger partial charge is 0.493 e. The molecule has 1 fully saturated rings. The van der Waals surface area contributed by atoms with Crippen molar-refractivity contribution in [1.82, 2.24) is 5.32 Å². The van der Waals surface area contributed by atoms with Crippen molar-refractivity contribution in [3.05, 3.63) is 29.3 Å². The van der Waals surface area contributed by atoms with Crippen LogP contribution < -0.4 is 10.1 Å². The van der Waals surface area contributed by atoms with Crippen LogP contribution in [0.3, 0.4) is 0 Å². The van der Waals surface area contributed by atoms with E-state index in [-0.39, 0.29) is 0 Å². The van der Waals surface area contributed by atoms with Gasteiger partial charge in [-0.25, -0.2) is 0 Å². The number of hydrogen-bond acceptors (Lipinski definition) is 2. The van der Waals surface area contributed by atoms with Gasteiger partial charge in [-0.3, -0.25) is 0 Å². The van der Waals surface area contributed by atoms with Crippen molar-refractivity contribution < 1.29 is 4.74 Å². The zero-order valence-corrected chi connectivity index (χ0v) is 11.0. The Morgan fingerprint density at radius 1 is 1.29 bits per heavy atom. The molecule has 1 atom stereocenters. The van der Waals surface area contributed by atoms with Crippen LogP contribution in [0.25, 0.3) is 0 Å². The standard InChI is InChI=1S/C15H23NO/c1-12-6-7-13(2)15(11-12)17-10-8-14-5-3-4-9-16-14/h6-7,11,14,16H,3-5,8-10H2,1-2H3/t14-/m1/s1. The van der Waals surface area contributed by atoms with Crippen LogP contribution in [0.5, 0.6) is 5.75 Å². The predicted molar refractivity (Wildman–Crippen MR) is 71.7 cm³/mol. The lowest BCUT2D eigenvalue weighted by atomic mass is 10.0. The van der Waals surface area contributed by atoms with Gasteiger partial charge in [-0.1, -0.05) is 18.6 Å². The second kappa shape index (κ2) is 6.06. The molecule has 0 amide bonds. The molecular weight excluding hydrogens is 210 g/mol. The van der Waals surface area contributed by atoms with Crippen molar-refractivity contribution in [3.63, 3.8) is 0 Å². The van der Waals surface area contributed by atoms with Crippen molar-refractivity contribution in [3.8, 4) is 5.75 Å². The summed E-state index contributed by atoms with van der Waals surface area (Å²) in [6.45, 7) is 6.21. The highest BCUT2D eigenvalue weighted by atomic mass is 16.5. The highest BCUT2D eigenvalue weighted by Gasteiger charge is 2.12. The van der Waals surface area contributed by atoms with E-state index in [0.717, 1.165) is 18.8 Å². The second-order valence-electron chi connectivity index (χ2n) is 5.05. The van der Waals surface area contributed by atoms with Gasteiger partial charge < -0.3 is 10.1 Å². The van der Waals surface area contributed by atoms with E-state index in [9.17, 15) is 0 Å². The third kappa shape index (κ3) is 3.74. The van der Waals surface area contributed by atoms with Crippen LogP contribution in [-0.2, 0) is 0 Å². The van der Waals surface area contributed by atoms with Crippen molar-refractivity contribution in [2.75, 3.05) is 13.2 Å². The van der Waals surface area contributed by atoms with Gasteiger partial charge in [-0.05, 0) is 56.8 Å². The molecule has 0 saturated carbocycles. The number of ether oxygens (including phenoxy) is 1. The maximum atomic E-state index is 5.88. The fraction of sp³-hybridized carbons (Fsp3) is 0.600. The van der Waals surface area contributed by atoms with E-state index in [1.54, 1.807) is 0 Å². The molecule has 0 bridgehead atoms. The van der Waals surface area contributed by atoms with Gasteiger partial charge in [-0.15, -0.1) is 0 Å². The summed E-state index contributed by atoms with van der Waals surface area (Å²) in [7, 11) is 0. The van der Waals surface area contributed by atoms with E-state index >= 15 is 0 Å².